The maximum absolute atomic E-state index is 13.2. The van der Waals surface area contributed by atoms with Crippen molar-refractivity contribution >= 4 is 11.8 Å². The van der Waals surface area contributed by atoms with Crippen molar-refractivity contribution in [1.29, 1.82) is 0 Å². The molecule has 29 heavy (non-hydrogen) atoms. The predicted octanol–water partition coefficient (Wildman–Crippen LogP) is 1.80. The molecule has 0 aromatic heterocycles. The summed E-state index contributed by atoms with van der Waals surface area (Å²) in [5.41, 5.74) is 4.39. The predicted molar refractivity (Wildman–Crippen MR) is 107 cm³/mol. The normalized spacial score (nSPS) is 26.3. The number of piperidine rings is 2. The van der Waals surface area contributed by atoms with Crippen molar-refractivity contribution in [3.8, 4) is 0 Å². The molecule has 1 spiro atoms. The summed E-state index contributed by atoms with van der Waals surface area (Å²) in [6.45, 7) is 2.76. The summed E-state index contributed by atoms with van der Waals surface area (Å²) in [5.74, 6) is -0.541. The number of amides is 2. The van der Waals surface area contributed by atoms with Crippen LogP contribution in [0.15, 0.2) is 24.3 Å². The highest BCUT2D eigenvalue weighted by molar-refractivity contribution is 5.90. The van der Waals surface area contributed by atoms with E-state index in [-0.39, 0.29) is 11.3 Å². The molecule has 0 bridgehead atoms. The lowest BCUT2D eigenvalue weighted by Gasteiger charge is -2.40. The van der Waals surface area contributed by atoms with Crippen molar-refractivity contribution < 1.29 is 19.5 Å². The van der Waals surface area contributed by atoms with Gasteiger partial charge in [0.15, 0.2) is 0 Å². The molecule has 2 saturated heterocycles. The van der Waals surface area contributed by atoms with E-state index in [0.29, 0.717) is 32.0 Å². The molecule has 1 saturated carbocycles. The Bertz CT molecular complexity index is 756. The molecule has 0 radical (unpaired) electrons. The van der Waals surface area contributed by atoms with Crippen molar-refractivity contribution in [2.75, 3.05) is 26.7 Å². The lowest BCUT2D eigenvalue weighted by atomic mass is 9.81. The van der Waals surface area contributed by atoms with E-state index in [1.165, 1.54) is 11.1 Å². The minimum atomic E-state index is -0.546. The number of carbonyl (C=O) groups excluding carboxylic acids is 2. The number of hydrogen-bond acceptors (Lipinski definition) is 5. The number of nitrogens with zero attached hydrogens (tertiary/aromatic N) is 1. The minimum absolute atomic E-state index is 0.0133. The Morgan fingerprint density at radius 3 is 2.72 bits per heavy atom. The fraction of sp³-hybridized carbons (Fsp3) is 0.636. The van der Waals surface area contributed by atoms with Crippen LogP contribution in [-0.4, -0.2) is 54.7 Å². The van der Waals surface area contributed by atoms with E-state index in [1.807, 2.05) is 4.90 Å². The molecule has 4 rings (SSSR count). The Labute approximate surface area is 171 Å². The summed E-state index contributed by atoms with van der Waals surface area (Å²) >= 11 is 0. The monoisotopic (exact) mass is 401 g/mol. The summed E-state index contributed by atoms with van der Waals surface area (Å²) in [4.78, 5) is 27.3. The number of likely N-dealkylation sites (tertiary alicyclic amines) is 1. The second-order valence-electron chi connectivity index (χ2n) is 8.92. The molecule has 158 valence electrons. The number of rotatable bonds is 5. The quantitative estimate of drug-likeness (QED) is 0.517. The summed E-state index contributed by atoms with van der Waals surface area (Å²) < 4.78 is 5.23. The zero-order valence-electron chi connectivity index (χ0n) is 17.0. The number of nitrogens with one attached hydrogen (secondary N) is 2. The fourth-order valence-electron chi connectivity index (χ4n) is 5.00. The Kier molecular flexibility index (Phi) is 5.90. The van der Waals surface area contributed by atoms with Crippen LogP contribution in [0.4, 0.5) is 0 Å². The van der Waals surface area contributed by atoms with Crippen LogP contribution in [0.5, 0.6) is 0 Å². The van der Waals surface area contributed by atoms with E-state index in [2.05, 4.69) is 29.6 Å². The molecule has 3 fully saturated rings. The van der Waals surface area contributed by atoms with Gasteiger partial charge in [0.1, 0.15) is 0 Å². The third-order valence-electron chi connectivity index (χ3n) is 6.96. The van der Waals surface area contributed by atoms with Crippen molar-refractivity contribution in [3.05, 3.63) is 35.4 Å². The zero-order chi connectivity index (χ0) is 20.4. The van der Waals surface area contributed by atoms with Crippen molar-refractivity contribution in [2.45, 2.75) is 50.7 Å². The van der Waals surface area contributed by atoms with Gasteiger partial charge in [-0.2, -0.15) is 0 Å². The summed E-state index contributed by atoms with van der Waals surface area (Å²) in [6, 6.07) is 7.94. The SMILES string of the molecule is COCc1cccc(C2CCN(C(=O)C3NCC4(CC4)CC3C(=O)NO)CC2)c1. The second-order valence-corrected chi connectivity index (χ2v) is 8.92. The second kappa shape index (κ2) is 8.42. The van der Waals surface area contributed by atoms with E-state index in [1.54, 1.807) is 12.6 Å². The number of hydroxylamine groups is 1. The molecule has 3 N–H and O–H groups in total. The van der Waals surface area contributed by atoms with Gasteiger partial charge in [-0.05, 0) is 54.6 Å². The number of methoxy groups -OCH3 is 1. The molecule has 1 aromatic rings. The number of hydrogen-bond donors (Lipinski definition) is 3. The van der Waals surface area contributed by atoms with Gasteiger partial charge >= 0.3 is 0 Å². The number of benzene rings is 1. The molecular formula is C22H31N3O4. The van der Waals surface area contributed by atoms with Gasteiger partial charge in [-0.3, -0.25) is 14.8 Å². The lowest BCUT2D eigenvalue weighted by molar-refractivity contribution is -0.145. The summed E-state index contributed by atoms with van der Waals surface area (Å²) in [5, 5.41) is 12.5. The highest BCUT2D eigenvalue weighted by Crippen LogP contribution is 2.52. The van der Waals surface area contributed by atoms with Crippen LogP contribution in [0.1, 0.15) is 49.1 Å². The Hall–Kier alpha value is -1.96. The number of carbonyl (C=O) groups is 2. The van der Waals surface area contributed by atoms with Crippen LogP contribution in [0.3, 0.4) is 0 Å². The van der Waals surface area contributed by atoms with E-state index in [4.69, 9.17) is 9.94 Å². The largest absolute Gasteiger partial charge is 0.380 e. The maximum atomic E-state index is 13.2. The molecule has 2 heterocycles. The first kappa shape index (κ1) is 20.3. The average molecular weight is 402 g/mol. The van der Waals surface area contributed by atoms with Gasteiger partial charge in [0, 0.05) is 26.7 Å². The third kappa shape index (κ3) is 4.32. The van der Waals surface area contributed by atoms with Crippen LogP contribution >= 0.6 is 0 Å². The third-order valence-corrected chi connectivity index (χ3v) is 6.96. The molecule has 7 nitrogen and oxygen atoms in total. The van der Waals surface area contributed by atoms with E-state index in [0.717, 1.165) is 32.2 Å². The van der Waals surface area contributed by atoms with Gasteiger partial charge in [0.2, 0.25) is 11.8 Å². The molecular weight excluding hydrogens is 370 g/mol. The Morgan fingerprint density at radius 2 is 2.07 bits per heavy atom. The van der Waals surface area contributed by atoms with Gasteiger partial charge in [-0.25, -0.2) is 5.48 Å². The highest BCUT2D eigenvalue weighted by atomic mass is 16.5. The van der Waals surface area contributed by atoms with Gasteiger partial charge in [-0.1, -0.05) is 24.3 Å². The molecule has 7 heteroatoms. The Morgan fingerprint density at radius 1 is 1.31 bits per heavy atom. The molecule has 1 aliphatic carbocycles. The van der Waals surface area contributed by atoms with E-state index >= 15 is 0 Å². The molecule has 2 unspecified atom stereocenters. The maximum Gasteiger partial charge on any atom is 0.248 e. The number of ether oxygens (including phenoxy) is 1. The van der Waals surface area contributed by atoms with Crippen LogP contribution in [0.25, 0.3) is 0 Å². The zero-order valence-corrected chi connectivity index (χ0v) is 17.0. The first-order valence-corrected chi connectivity index (χ1v) is 10.6. The summed E-state index contributed by atoms with van der Waals surface area (Å²) in [6.07, 6.45) is 4.67. The average Bonchev–Trinajstić information content (AvgIpc) is 3.52. The van der Waals surface area contributed by atoms with Crippen LogP contribution in [0, 0.1) is 11.3 Å². The van der Waals surface area contributed by atoms with Gasteiger partial charge in [0.05, 0.1) is 18.6 Å². The standard InChI is InChI=1S/C22H31N3O4/c1-29-13-15-3-2-4-17(11-15)16-5-9-25(10-6-16)21(27)19-18(20(26)24-28)12-22(7-8-22)14-23-19/h2-4,11,16,18-19,23,28H,5-10,12-14H2,1H3,(H,24,26). The topological polar surface area (TPSA) is 90.9 Å². The first-order valence-electron chi connectivity index (χ1n) is 10.6. The first-order chi connectivity index (χ1) is 14.0. The molecule has 2 amide bonds. The highest BCUT2D eigenvalue weighted by Gasteiger charge is 2.52. The fourth-order valence-corrected chi connectivity index (χ4v) is 5.00. The smallest absolute Gasteiger partial charge is 0.248 e. The van der Waals surface area contributed by atoms with Crippen molar-refractivity contribution in [2.24, 2.45) is 11.3 Å². The van der Waals surface area contributed by atoms with Crippen LogP contribution in [-0.2, 0) is 20.9 Å². The lowest BCUT2D eigenvalue weighted by Crippen LogP contribution is -2.59. The van der Waals surface area contributed by atoms with Crippen LogP contribution in [0.2, 0.25) is 0 Å². The van der Waals surface area contributed by atoms with E-state index < -0.39 is 17.9 Å². The van der Waals surface area contributed by atoms with Gasteiger partial charge < -0.3 is 15.0 Å². The molecule has 2 aliphatic heterocycles. The van der Waals surface area contributed by atoms with Gasteiger partial charge in [-0.15, -0.1) is 0 Å². The van der Waals surface area contributed by atoms with E-state index in [9.17, 15) is 9.59 Å². The minimum Gasteiger partial charge on any atom is -0.380 e. The van der Waals surface area contributed by atoms with Crippen molar-refractivity contribution in [1.82, 2.24) is 15.7 Å². The van der Waals surface area contributed by atoms with Gasteiger partial charge in [0.25, 0.3) is 0 Å². The van der Waals surface area contributed by atoms with Crippen molar-refractivity contribution in [3.63, 3.8) is 0 Å². The Balaban J connectivity index is 1.38. The molecule has 3 aliphatic rings. The molecule has 1 aromatic carbocycles. The van der Waals surface area contributed by atoms with Crippen LogP contribution < -0.4 is 10.8 Å². The summed E-state index contributed by atoms with van der Waals surface area (Å²) in [7, 11) is 1.70. The molecule has 2 atom stereocenters.